The van der Waals surface area contributed by atoms with E-state index < -0.39 is 0 Å². The summed E-state index contributed by atoms with van der Waals surface area (Å²) < 4.78 is 0. The molecule has 5 heteroatoms. The van der Waals surface area contributed by atoms with Crippen LogP contribution in [0.3, 0.4) is 0 Å². The molecule has 0 bridgehead atoms. The third-order valence-corrected chi connectivity index (χ3v) is 5.08. The highest BCUT2D eigenvalue weighted by molar-refractivity contribution is 7.10. The fourth-order valence-corrected chi connectivity index (χ4v) is 3.57. The van der Waals surface area contributed by atoms with Gasteiger partial charge in [-0.1, -0.05) is 37.3 Å². The Hall–Kier alpha value is -1.56. The Kier molecular flexibility index (Phi) is 4.75. The molecule has 1 unspecified atom stereocenters. The van der Waals surface area contributed by atoms with Gasteiger partial charge in [0.2, 0.25) is 0 Å². The van der Waals surface area contributed by atoms with Crippen LogP contribution in [0.2, 0.25) is 0 Å². The molecule has 2 heterocycles. The Labute approximate surface area is 132 Å². The summed E-state index contributed by atoms with van der Waals surface area (Å²) >= 11 is 3.42. The van der Waals surface area contributed by atoms with Crippen molar-refractivity contribution in [2.75, 3.05) is 6.54 Å². The van der Waals surface area contributed by atoms with Crippen LogP contribution >= 0.6 is 22.7 Å². The molecule has 3 nitrogen and oxygen atoms in total. The van der Waals surface area contributed by atoms with Crippen molar-refractivity contribution in [3.8, 4) is 11.3 Å². The van der Waals surface area contributed by atoms with Crippen molar-refractivity contribution in [2.45, 2.75) is 19.4 Å². The Morgan fingerprint density at radius 3 is 2.81 bits per heavy atom. The van der Waals surface area contributed by atoms with Gasteiger partial charge in [-0.2, -0.15) is 0 Å². The summed E-state index contributed by atoms with van der Waals surface area (Å²) in [5.41, 5.74) is 2.24. The van der Waals surface area contributed by atoms with E-state index in [9.17, 15) is 0 Å². The van der Waals surface area contributed by atoms with Crippen molar-refractivity contribution in [1.29, 1.82) is 0 Å². The molecule has 0 aliphatic carbocycles. The first kappa shape index (κ1) is 14.4. The monoisotopic (exact) mass is 315 g/mol. The molecule has 3 rings (SSSR count). The highest BCUT2D eigenvalue weighted by Crippen LogP contribution is 2.21. The predicted octanol–water partition coefficient (Wildman–Crippen LogP) is 4.16. The smallest absolute Gasteiger partial charge is 0.107 e. The molecule has 0 amide bonds. The summed E-state index contributed by atoms with van der Waals surface area (Å²) in [5, 5.41) is 9.93. The summed E-state index contributed by atoms with van der Waals surface area (Å²) in [4.78, 5) is 9.03. The van der Waals surface area contributed by atoms with E-state index in [0.29, 0.717) is 5.92 Å². The van der Waals surface area contributed by atoms with E-state index in [1.807, 2.05) is 29.8 Å². The van der Waals surface area contributed by atoms with Crippen LogP contribution in [-0.4, -0.2) is 16.5 Å². The lowest BCUT2D eigenvalue weighted by atomic mass is 10.2. The van der Waals surface area contributed by atoms with E-state index in [1.54, 1.807) is 22.7 Å². The van der Waals surface area contributed by atoms with Crippen LogP contribution < -0.4 is 5.32 Å². The lowest BCUT2D eigenvalue weighted by Crippen LogP contribution is -2.19. The molecule has 0 saturated heterocycles. The molecule has 108 valence electrons. The van der Waals surface area contributed by atoms with Crippen molar-refractivity contribution < 1.29 is 0 Å². The minimum absolute atomic E-state index is 0.443. The van der Waals surface area contributed by atoms with Gasteiger partial charge in [0.1, 0.15) is 5.01 Å². The van der Waals surface area contributed by atoms with Crippen molar-refractivity contribution >= 4 is 22.7 Å². The first-order valence-electron chi connectivity index (χ1n) is 6.93. The Bertz CT molecular complexity index is 662. The molecule has 1 aromatic carbocycles. The van der Waals surface area contributed by atoms with Crippen LogP contribution in [-0.2, 0) is 6.54 Å². The van der Waals surface area contributed by atoms with Crippen molar-refractivity contribution in [3.63, 3.8) is 0 Å². The van der Waals surface area contributed by atoms with Crippen molar-refractivity contribution in [1.82, 2.24) is 15.3 Å². The number of aromatic nitrogens is 2. The van der Waals surface area contributed by atoms with E-state index in [-0.39, 0.29) is 0 Å². The van der Waals surface area contributed by atoms with Gasteiger partial charge in [-0.3, -0.25) is 0 Å². The van der Waals surface area contributed by atoms with E-state index in [1.165, 1.54) is 10.6 Å². The molecule has 0 fully saturated rings. The normalized spacial score (nSPS) is 12.4. The van der Waals surface area contributed by atoms with Crippen LogP contribution in [0.5, 0.6) is 0 Å². The lowest BCUT2D eigenvalue weighted by Gasteiger charge is -2.08. The third-order valence-electron chi connectivity index (χ3n) is 3.22. The van der Waals surface area contributed by atoms with Crippen LogP contribution in [0.25, 0.3) is 11.3 Å². The third kappa shape index (κ3) is 3.75. The lowest BCUT2D eigenvalue weighted by molar-refractivity contribution is 0.611. The quantitative estimate of drug-likeness (QED) is 0.742. The topological polar surface area (TPSA) is 37.8 Å². The Balaban J connectivity index is 1.54. The second kappa shape index (κ2) is 6.93. The largest absolute Gasteiger partial charge is 0.310 e. The minimum atomic E-state index is 0.443. The molecule has 3 aromatic rings. The highest BCUT2D eigenvalue weighted by atomic mass is 32.1. The fraction of sp³-hybridized carbons (Fsp3) is 0.250. The van der Waals surface area contributed by atoms with Gasteiger partial charge in [-0.25, -0.2) is 9.97 Å². The molecule has 0 aliphatic rings. The van der Waals surface area contributed by atoms with Gasteiger partial charge in [0.25, 0.3) is 0 Å². The second-order valence-corrected chi connectivity index (χ2v) is 6.76. The van der Waals surface area contributed by atoms with Gasteiger partial charge in [-0.15, -0.1) is 22.7 Å². The molecule has 2 aromatic heterocycles. The van der Waals surface area contributed by atoms with Gasteiger partial charge in [0.15, 0.2) is 0 Å². The van der Waals surface area contributed by atoms with E-state index in [4.69, 9.17) is 0 Å². The van der Waals surface area contributed by atoms with Crippen LogP contribution in [0.15, 0.2) is 47.3 Å². The Morgan fingerprint density at radius 2 is 2.05 bits per heavy atom. The average molecular weight is 315 g/mol. The summed E-state index contributed by atoms with van der Waals surface area (Å²) in [6.45, 7) is 3.93. The van der Waals surface area contributed by atoms with Crippen LogP contribution in [0, 0.1) is 0 Å². The first-order chi connectivity index (χ1) is 10.3. The predicted molar refractivity (Wildman–Crippen MR) is 89.8 cm³/mol. The zero-order chi connectivity index (χ0) is 14.5. The first-order valence-corrected chi connectivity index (χ1v) is 8.69. The van der Waals surface area contributed by atoms with Crippen LogP contribution in [0.4, 0.5) is 0 Å². The average Bonchev–Trinajstić information content (AvgIpc) is 3.20. The number of rotatable bonds is 6. The number of benzene rings is 1. The fourth-order valence-electron chi connectivity index (χ4n) is 2.09. The van der Waals surface area contributed by atoms with Gasteiger partial charge in [0.05, 0.1) is 10.7 Å². The summed E-state index contributed by atoms with van der Waals surface area (Å²) in [5.74, 6) is 0.443. The van der Waals surface area contributed by atoms with E-state index in [2.05, 4.69) is 39.7 Å². The molecule has 0 radical (unpaired) electrons. The molecule has 1 N–H and O–H groups in total. The number of thiazole rings is 2. The molecule has 0 aliphatic heterocycles. The van der Waals surface area contributed by atoms with E-state index >= 15 is 0 Å². The minimum Gasteiger partial charge on any atom is -0.310 e. The van der Waals surface area contributed by atoms with Gasteiger partial charge < -0.3 is 5.32 Å². The van der Waals surface area contributed by atoms with Gasteiger partial charge >= 0.3 is 0 Å². The zero-order valence-electron chi connectivity index (χ0n) is 11.8. The van der Waals surface area contributed by atoms with Crippen molar-refractivity contribution in [2.24, 2.45) is 0 Å². The summed E-state index contributed by atoms with van der Waals surface area (Å²) in [6, 6.07) is 10.3. The summed E-state index contributed by atoms with van der Waals surface area (Å²) in [6.07, 6.45) is 1.86. The molecular formula is C16H17N3S2. The Morgan fingerprint density at radius 1 is 1.19 bits per heavy atom. The molecule has 0 spiro atoms. The summed E-state index contributed by atoms with van der Waals surface area (Å²) in [7, 11) is 0. The van der Waals surface area contributed by atoms with Crippen molar-refractivity contribution in [3.05, 3.63) is 57.3 Å². The number of nitrogens with one attached hydrogen (secondary N) is 1. The van der Waals surface area contributed by atoms with Gasteiger partial charge in [-0.05, 0) is 0 Å². The van der Waals surface area contributed by atoms with Gasteiger partial charge in [0, 0.05) is 41.5 Å². The maximum Gasteiger partial charge on any atom is 0.107 e. The number of hydrogen-bond acceptors (Lipinski definition) is 5. The van der Waals surface area contributed by atoms with Crippen LogP contribution in [0.1, 0.15) is 22.9 Å². The molecular weight excluding hydrogens is 298 g/mol. The highest BCUT2D eigenvalue weighted by Gasteiger charge is 2.08. The maximum atomic E-state index is 4.68. The number of hydrogen-bond donors (Lipinski definition) is 1. The SMILES string of the molecule is CC(CNCc1nc(-c2ccccc2)cs1)c1nccs1. The second-order valence-electron chi connectivity index (χ2n) is 4.89. The maximum absolute atomic E-state index is 4.68. The molecule has 1 atom stereocenters. The van der Waals surface area contributed by atoms with E-state index in [0.717, 1.165) is 23.8 Å². The zero-order valence-corrected chi connectivity index (χ0v) is 13.5. The molecule has 21 heavy (non-hydrogen) atoms. The standard InChI is InChI=1S/C16H17N3S2/c1-12(16-18-7-8-20-16)9-17-10-15-19-14(11-21-15)13-5-3-2-4-6-13/h2-8,11-12,17H,9-10H2,1H3. The number of nitrogens with zero attached hydrogens (tertiary/aromatic N) is 2. The molecule has 0 saturated carbocycles.